The number of nitrogens with one attached hydrogen (secondary N) is 2. The number of alkyl carbamates (subject to hydrolysis) is 1. The quantitative estimate of drug-likeness (QED) is 0.809. The molecule has 1 aromatic rings. The zero-order chi connectivity index (χ0) is 16.3. The highest BCUT2D eigenvalue weighted by Crippen LogP contribution is 2.24. The van der Waals surface area contributed by atoms with Crippen LogP contribution in [0.5, 0.6) is 0 Å². The van der Waals surface area contributed by atoms with Crippen molar-refractivity contribution in [2.75, 3.05) is 0 Å². The van der Waals surface area contributed by atoms with Crippen LogP contribution in [-0.4, -0.2) is 23.8 Å². The Morgan fingerprint density at radius 3 is 2.68 bits per heavy atom. The maximum Gasteiger partial charge on any atom is 0.407 e. The first kappa shape index (κ1) is 17.6. The third-order valence-electron chi connectivity index (χ3n) is 3.45. The Morgan fingerprint density at radius 2 is 2.05 bits per heavy atom. The summed E-state index contributed by atoms with van der Waals surface area (Å²) in [5.41, 5.74) is 0.614. The molecule has 0 radical (unpaired) electrons. The maximum absolute atomic E-state index is 11.7. The summed E-state index contributed by atoms with van der Waals surface area (Å²) in [6, 6.07) is 6.41. The SMILES string of the molecule is CC(C)(C)OC(=O)NC1CC(NCc2cc(Br)ccc2Cl)C1. The zero-order valence-electron chi connectivity index (χ0n) is 13.1. The normalized spacial score (nSPS) is 21.1. The Hall–Kier alpha value is -0.780. The van der Waals surface area contributed by atoms with Crippen LogP contribution < -0.4 is 10.6 Å². The van der Waals surface area contributed by atoms with Crippen LogP contribution in [0.2, 0.25) is 5.02 Å². The lowest BCUT2D eigenvalue weighted by Crippen LogP contribution is -2.52. The van der Waals surface area contributed by atoms with E-state index in [-0.39, 0.29) is 12.1 Å². The minimum atomic E-state index is -0.455. The second kappa shape index (κ2) is 7.20. The van der Waals surface area contributed by atoms with Crippen molar-refractivity contribution >= 4 is 33.6 Å². The molecule has 22 heavy (non-hydrogen) atoms. The highest BCUT2D eigenvalue weighted by atomic mass is 79.9. The fourth-order valence-electron chi connectivity index (χ4n) is 2.31. The zero-order valence-corrected chi connectivity index (χ0v) is 15.4. The minimum absolute atomic E-state index is 0.185. The van der Waals surface area contributed by atoms with Crippen LogP contribution in [0.4, 0.5) is 4.79 Å². The molecule has 1 aliphatic carbocycles. The maximum atomic E-state index is 11.7. The Labute approximate surface area is 145 Å². The summed E-state index contributed by atoms with van der Waals surface area (Å²) < 4.78 is 6.26. The number of halogens is 2. The molecule has 0 bridgehead atoms. The van der Waals surface area contributed by atoms with Crippen LogP contribution in [-0.2, 0) is 11.3 Å². The van der Waals surface area contributed by atoms with Crippen LogP contribution >= 0.6 is 27.5 Å². The molecule has 1 aliphatic rings. The van der Waals surface area contributed by atoms with Crippen LogP contribution in [0.1, 0.15) is 39.2 Å². The Bertz CT molecular complexity index is 539. The first-order valence-electron chi connectivity index (χ1n) is 7.40. The lowest BCUT2D eigenvalue weighted by molar-refractivity contribution is 0.0465. The second-order valence-electron chi connectivity index (χ2n) is 6.63. The summed E-state index contributed by atoms with van der Waals surface area (Å²) in [5, 5.41) is 7.11. The number of benzene rings is 1. The molecule has 2 N–H and O–H groups in total. The van der Waals surface area contributed by atoms with Gasteiger partial charge in [-0.2, -0.15) is 0 Å². The minimum Gasteiger partial charge on any atom is -0.444 e. The van der Waals surface area contributed by atoms with Gasteiger partial charge in [-0.1, -0.05) is 27.5 Å². The molecule has 1 saturated carbocycles. The molecule has 0 saturated heterocycles. The topological polar surface area (TPSA) is 50.4 Å². The molecule has 1 amide bonds. The average Bonchev–Trinajstić information content (AvgIpc) is 2.33. The molecule has 4 nitrogen and oxygen atoms in total. The number of hydrogen-bond donors (Lipinski definition) is 2. The van der Waals surface area contributed by atoms with E-state index in [1.807, 2.05) is 39.0 Å². The predicted octanol–water partition coefficient (Wildman–Crippen LogP) is 4.25. The van der Waals surface area contributed by atoms with Gasteiger partial charge in [0.1, 0.15) is 5.60 Å². The van der Waals surface area contributed by atoms with E-state index in [1.165, 1.54) is 0 Å². The Balaban J connectivity index is 1.69. The fourth-order valence-corrected chi connectivity index (χ4v) is 2.90. The summed E-state index contributed by atoms with van der Waals surface area (Å²) in [4.78, 5) is 11.7. The van der Waals surface area contributed by atoms with Crippen molar-refractivity contribution in [2.45, 2.75) is 57.8 Å². The molecular weight excluding hydrogens is 368 g/mol. The molecule has 0 aromatic heterocycles. The first-order chi connectivity index (χ1) is 10.2. The molecule has 0 heterocycles. The van der Waals surface area contributed by atoms with Crippen molar-refractivity contribution in [3.8, 4) is 0 Å². The van der Waals surface area contributed by atoms with Gasteiger partial charge in [0.25, 0.3) is 0 Å². The first-order valence-corrected chi connectivity index (χ1v) is 8.57. The van der Waals surface area contributed by atoms with Gasteiger partial charge in [0.2, 0.25) is 0 Å². The molecular formula is C16H22BrClN2O2. The van der Waals surface area contributed by atoms with Crippen molar-refractivity contribution in [2.24, 2.45) is 0 Å². The monoisotopic (exact) mass is 388 g/mol. The smallest absolute Gasteiger partial charge is 0.407 e. The fraction of sp³-hybridized carbons (Fsp3) is 0.562. The third-order valence-corrected chi connectivity index (χ3v) is 4.31. The van der Waals surface area contributed by atoms with E-state index in [4.69, 9.17) is 16.3 Å². The molecule has 1 fully saturated rings. The van der Waals surface area contributed by atoms with Crippen LogP contribution in [0.15, 0.2) is 22.7 Å². The van der Waals surface area contributed by atoms with Gasteiger partial charge in [-0.3, -0.25) is 0 Å². The summed E-state index contributed by atoms with van der Waals surface area (Å²) in [7, 11) is 0. The van der Waals surface area contributed by atoms with E-state index < -0.39 is 5.60 Å². The number of amides is 1. The summed E-state index contributed by atoms with van der Waals surface area (Å²) in [6.07, 6.45) is 1.47. The van der Waals surface area contributed by atoms with Crippen LogP contribution in [0, 0.1) is 0 Å². The molecule has 0 aliphatic heterocycles. The van der Waals surface area contributed by atoms with Gasteiger partial charge in [0.15, 0.2) is 0 Å². The van der Waals surface area contributed by atoms with E-state index in [1.54, 1.807) is 0 Å². The number of carbonyl (C=O) groups excluding carboxylic acids is 1. The predicted molar refractivity (Wildman–Crippen MR) is 92.2 cm³/mol. The molecule has 0 unspecified atom stereocenters. The lowest BCUT2D eigenvalue weighted by Gasteiger charge is -2.36. The van der Waals surface area contributed by atoms with Crippen LogP contribution in [0.3, 0.4) is 0 Å². The summed E-state index contributed by atoms with van der Waals surface area (Å²) in [5.74, 6) is 0. The summed E-state index contributed by atoms with van der Waals surface area (Å²) in [6.45, 7) is 6.31. The standard InChI is InChI=1S/C16H22BrClN2O2/c1-16(2,3)22-15(21)20-13-7-12(8-13)19-9-10-6-11(17)4-5-14(10)18/h4-6,12-13,19H,7-9H2,1-3H3,(H,20,21). The summed E-state index contributed by atoms with van der Waals surface area (Å²) >= 11 is 9.61. The van der Waals surface area contributed by atoms with Gasteiger partial charge in [-0.15, -0.1) is 0 Å². The van der Waals surface area contributed by atoms with E-state index in [0.717, 1.165) is 34.4 Å². The van der Waals surface area contributed by atoms with E-state index in [9.17, 15) is 4.79 Å². The highest BCUT2D eigenvalue weighted by molar-refractivity contribution is 9.10. The van der Waals surface area contributed by atoms with Crippen LogP contribution in [0.25, 0.3) is 0 Å². The van der Waals surface area contributed by atoms with Crippen molar-refractivity contribution in [1.82, 2.24) is 10.6 Å². The Morgan fingerprint density at radius 1 is 1.36 bits per heavy atom. The van der Waals surface area contributed by atoms with Gasteiger partial charge in [-0.25, -0.2) is 4.79 Å². The van der Waals surface area contributed by atoms with Gasteiger partial charge in [0.05, 0.1) is 0 Å². The largest absolute Gasteiger partial charge is 0.444 e. The van der Waals surface area contributed by atoms with E-state index >= 15 is 0 Å². The lowest BCUT2D eigenvalue weighted by atomic mass is 9.87. The average molecular weight is 390 g/mol. The molecule has 6 heteroatoms. The van der Waals surface area contributed by atoms with Crippen molar-refractivity contribution in [3.05, 3.63) is 33.3 Å². The molecule has 0 spiro atoms. The van der Waals surface area contributed by atoms with E-state index in [2.05, 4.69) is 26.6 Å². The van der Waals surface area contributed by atoms with Gasteiger partial charge in [0, 0.05) is 28.1 Å². The van der Waals surface area contributed by atoms with Gasteiger partial charge < -0.3 is 15.4 Å². The molecule has 0 atom stereocenters. The second-order valence-corrected chi connectivity index (χ2v) is 7.95. The number of carbonyl (C=O) groups is 1. The van der Waals surface area contributed by atoms with Gasteiger partial charge >= 0.3 is 6.09 Å². The molecule has 1 aromatic carbocycles. The number of ether oxygens (including phenoxy) is 1. The van der Waals surface area contributed by atoms with Crippen molar-refractivity contribution in [3.63, 3.8) is 0 Å². The Kier molecular flexibility index (Phi) is 5.75. The number of hydrogen-bond acceptors (Lipinski definition) is 3. The highest BCUT2D eigenvalue weighted by Gasteiger charge is 2.31. The van der Waals surface area contributed by atoms with Crippen molar-refractivity contribution < 1.29 is 9.53 Å². The number of rotatable bonds is 4. The van der Waals surface area contributed by atoms with E-state index in [0.29, 0.717) is 6.04 Å². The molecule has 122 valence electrons. The third kappa shape index (κ3) is 5.45. The van der Waals surface area contributed by atoms with Crippen molar-refractivity contribution in [1.29, 1.82) is 0 Å². The molecule has 2 rings (SSSR count). The van der Waals surface area contributed by atoms with Gasteiger partial charge in [-0.05, 0) is 57.4 Å².